The number of nitrogens with one attached hydrogen (secondary N) is 1. The third-order valence-electron chi connectivity index (χ3n) is 4.41. The van der Waals surface area contributed by atoms with Crippen molar-refractivity contribution in [2.45, 2.75) is 18.9 Å². The Morgan fingerprint density at radius 3 is 2.64 bits per heavy atom. The molecule has 1 aromatic carbocycles. The normalized spacial score (nSPS) is 16.5. The molecule has 0 radical (unpaired) electrons. The Morgan fingerprint density at radius 1 is 1.20 bits per heavy atom. The number of carbonyl (C=O) groups excluding carboxylic acids is 1. The van der Waals surface area contributed by atoms with E-state index in [0.29, 0.717) is 24.4 Å². The summed E-state index contributed by atoms with van der Waals surface area (Å²) in [5, 5.41) is 3.77. The molecule has 1 N–H and O–H groups in total. The highest BCUT2D eigenvalue weighted by Gasteiger charge is 2.23. The zero-order valence-electron chi connectivity index (χ0n) is 14.1. The van der Waals surface area contributed by atoms with Gasteiger partial charge >= 0.3 is 0 Å². The minimum Gasteiger partial charge on any atom is -0.469 e. The Balaban J connectivity index is 1.58. The number of hydrogen-bond donors (Lipinski definition) is 1. The van der Waals surface area contributed by atoms with E-state index in [0.717, 1.165) is 37.6 Å². The van der Waals surface area contributed by atoms with Gasteiger partial charge in [0.25, 0.3) is 0 Å². The summed E-state index contributed by atoms with van der Waals surface area (Å²) in [6.45, 7) is 3.72. The molecule has 1 aromatic heterocycles. The van der Waals surface area contributed by atoms with Crippen LogP contribution in [0, 0.1) is 0 Å². The lowest BCUT2D eigenvalue weighted by Crippen LogP contribution is -2.43. The number of amides is 1. The lowest BCUT2D eigenvalue weighted by Gasteiger charge is -2.35. The topological polar surface area (TPSA) is 54.7 Å². The van der Waals surface area contributed by atoms with Crippen molar-refractivity contribution in [1.82, 2.24) is 10.2 Å². The van der Waals surface area contributed by atoms with Gasteiger partial charge in [-0.25, -0.2) is 0 Å². The summed E-state index contributed by atoms with van der Waals surface area (Å²) in [4.78, 5) is 14.5. The summed E-state index contributed by atoms with van der Waals surface area (Å²) >= 11 is 6.01. The third kappa shape index (κ3) is 5.33. The first-order valence-electron chi connectivity index (χ1n) is 8.59. The van der Waals surface area contributed by atoms with Crippen molar-refractivity contribution in [3.05, 3.63) is 59.0 Å². The number of morpholine rings is 1. The van der Waals surface area contributed by atoms with Gasteiger partial charge in [0.1, 0.15) is 5.76 Å². The van der Waals surface area contributed by atoms with Crippen LogP contribution >= 0.6 is 11.6 Å². The quantitative estimate of drug-likeness (QED) is 0.822. The molecule has 1 saturated heterocycles. The van der Waals surface area contributed by atoms with Crippen LogP contribution in [0.15, 0.2) is 47.1 Å². The molecule has 2 aromatic rings. The molecular weight excluding hydrogens is 340 g/mol. The lowest BCUT2D eigenvalue weighted by atomic mass is 10.0. The predicted molar refractivity (Wildman–Crippen MR) is 96.6 cm³/mol. The van der Waals surface area contributed by atoms with Crippen LogP contribution in [0.4, 0.5) is 0 Å². The molecule has 0 aliphatic carbocycles. The highest BCUT2D eigenvalue weighted by atomic mass is 35.5. The van der Waals surface area contributed by atoms with Gasteiger partial charge in [0.05, 0.1) is 25.5 Å². The molecule has 1 unspecified atom stereocenters. The molecule has 0 saturated carbocycles. The molecule has 2 heterocycles. The van der Waals surface area contributed by atoms with Crippen LogP contribution in [0.25, 0.3) is 0 Å². The second kappa shape index (κ2) is 9.04. The Labute approximate surface area is 152 Å². The minimum atomic E-state index is 0.0311. The van der Waals surface area contributed by atoms with E-state index in [1.165, 1.54) is 0 Å². The summed E-state index contributed by atoms with van der Waals surface area (Å²) < 4.78 is 10.7. The predicted octanol–water partition coefficient (Wildman–Crippen LogP) is 3.06. The first kappa shape index (κ1) is 18.0. The number of halogens is 1. The monoisotopic (exact) mass is 362 g/mol. The third-order valence-corrected chi connectivity index (χ3v) is 4.66. The van der Waals surface area contributed by atoms with E-state index in [2.05, 4.69) is 10.2 Å². The van der Waals surface area contributed by atoms with Crippen LogP contribution in [-0.2, 0) is 16.0 Å². The summed E-state index contributed by atoms with van der Waals surface area (Å²) in [6.07, 6.45) is 2.66. The molecule has 1 amide bonds. The van der Waals surface area contributed by atoms with Crippen molar-refractivity contribution in [1.29, 1.82) is 0 Å². The fraction of sp³-hybridized carbons (Fsp3) is 0.421. The van der Waals surface area contributed by atoms with E-state index in [9.17, 15) is 4.79 Å². The Hall–Kier alpha value is -1.82. The zero-order valence-corrected chi connectivity index (χ0v) is 14.9. The first-order valence-corrected chi connectivity index (χ1v) is 8.96. The van der Waals surface area contributed by atoms with Gasteiger partial charge in [-0.2, -0.15) is 0 Å². The van der Waals surface area contributed by atoms with Crippen LogP contribution in [-0.4, -0.2) is 43.7 Å². The van der Waals surface area contributed by atoms with Crippen molar-refractivity contribution in [3.8, 4) is 0 Å². The van der Waals surface area contributed by atoms with Crippen molar-refractivity contribution >= 4 is 17.5 Å². The van der Waals surface area contributed by atoms with Gasteiger partial charge in [0, 0.05) is 37.5 Å². The second-order valence-electron chi connectivity index (χ2n) is 6.10. The first-order chi connectivity index (χ1) is 12.2. The number of aryl methyl sites for hydroxylation is 1. The molecule has 0 bridgehead atoms. The van der Waals surface area contributed by atoms with E-state index in [4.69, 9.17) is 20.8 Å². The molecule has 3 rings (SSSR count). The summed E-state index contributed by atoms with van der Waals surface area (Å²) in [6, 6.07) is 11.7. The number of benzene rings is 1. The zero-order chi connectivity index (χ0) is 17.5. The van der Waals surface area contributed by atoms with Crippen molar-refractivity contribution in [3.63, 3.8) is 0 Å². The number of furan rings is 1. The van der Waals surface area contributed by atoms with Crippen LogP contribution in [0.3, 0.4) is 0 Å². The minimum absolute atomic E-state index is 0.0311. The van der Waals surface area contributed by atoms with Gasteiger partial charge in [-0.15, -0.1) is 0 Å². The fourth-order valence-corrected chi connectivity index (χ4v) is 3.15. The van der Waals surface area contributed by atoms with E-state index >= 15 is 0 Å². The van der Waals surface area contributed by atoms with Gasteiger partial charge in [-0.1, -0.05) is 23.7 Å². The van der Waals surface area contributed by atoms with Crippen LogP contribution in [0.2, 0.25) is 5.02 Å². The molecule has 25 heavy (non-hydrogen) atoms. The molecule has 1 atom stereocenters. The fourth-order valence-electron chi connectivity index (χ4n) is 3.02. The Bertz CT molecular complexity index is 652. The summed E-state index contributed by atoms with van der Waals surface area (Å²) in [5.41, 5.74) is 1.15. The molecule has 1 fully saturated rings. The van der Waals surface area contributed by atoms with Gasteiger partial charge in [-0.05, 0) is 29.8 Å². The Morgan fingerprint density at radius 2 is 1.96 bits per heavy atom. The largest absolute Gasteiger partial charge is 0.469 e. The van der Waals surface area contributed by atoms with Gasteiger partial charge in [0.2, 0.25) is 5.91 Å². The van der Waals surface area contributed by atoms with Crippen LogP contribution < -0.4 is 5.32 Å². The van der Waals surface area contributed by atoms with E-state index < -0.39 is 0 Å². The lowest BCUT2D eigenvalue weighted by molar-refractivity contribution is -0.121. The highest BCUT2D eigenvalue weighted by molar-refractivity contribution is 6.30. The number of nitrogens with zero attached hydrogens (tertiary/aromatic N) is 1. The second-order valence-corrected chi connectivity index (χ2v) is 6.54. The van der Waals surface area contributed by atoms with Gasteiger partial charge in [0.15, 0.2) is 0 Å². The molecule has 1 aliphatic heterocycles. The average Bonchev–Trinajstić information content (AvgIpc) is 3.16. The molecule has 1 aliphatic rings. The van der Waals surface area contributed by atoms with Gasteiger partial charge < -0.3 is 14.5 Å². The van der Waals surface area contributed by atoms with E-state index in [1.54, 1.807) is 6.26 Å². The van der Waals surface area contributed by atoms with E-state index in [-0.39, 0.29) is 11.9 Å². The highest BCUT2D eigenvalue weighted by Crippen LogP contribution is 2.23. The molecule has 6 heteroatoms. The average molecular weight is 363 g/mol. The van der Waals surface area contributed by atoms with Crippen LogP contribution in [0.5, 0.6) is 0 Å². The van der Waals surface area contributed by atoms with E-state index in [1.807, 2.05) is 36.4 Å². The maximum atomic E-state index is 12.2. The molecular formula is C19H23ClN2O3. The standard InChI is InChI=1S/C19H23ClN2O3/c20-16-5-3-15(4-6-16)18(22-9-12-24-13-10-22)14-21-19(23)8-7-17-2-1-11-25-17/h1-6,11,18H,7-10,12-14H2,(H,21,23). The van der Waals surface area contributed by atoms with Crippen molar-refractivity contribution < 1.29 is 13.9 Å². The number of rotatable bonds is 7. The van der Waals surface area contributed by atoms with Crippen molar-refractivity contribution in [2.75, 3.05) is 32.8 Å². The SMILES string of the molecule is O=C(CCc1ccco1)NCC(c1ccc(Cl)cc1)N1CCOCC1. The summed E-state index contributed by atoms with van der Waals surface area (Å²) in [5.74, 6) is 0.862. The van der Waals surface area contributed by atoms with Crippen molar-refractivity contribution in [2.24, 2.45) is 0 Å². The maximum Gasteiger partial charge on any atom is 0.220 e. The molecule has 5 nitrogen and oxygen atoms in total. The number of hydrogen-bond acceptors (Lipinski definition) is 4. The molecule has 134 valence electrons. The maximum absolute atomic E-state index is 12.2. The molecule has 0 spiro atoms. The number of carbonyl (C=O) groups is 1. The number of ether oxygens (including phenoxy) is 1. The summed E-state index contributed by atoms with van der Waals surface area (Å²) in [7, 11) is 0. The van der Waals surface area contributed by atoms with Crippen LogP contribution in [0.1, 0.15) is 23.8 Å². The van der Waals surface area contributed by atoms with Gasteiger partial charge in [-0.3, -0.25) is 9.69 Å². The Kier molecular flexibility index (Phi) is 6.50. The smallest absolute Gasteiger partial charge is 0.220 e.